The molecule has 5 aromatic carbocycles. The van der Waals surface area contributed by atoms with Gasteiger partial charge in [0.2, 0.25) is 0 Å². The monoisotopic (exact) mass is 594 g/mol. The van der Waals surface area contributed by atoms with Crippen molar-refractivity contribution in [2.24, 2.45) is 0 Å². The molecule has 0 amide bonds. The maximum absolute atomic E-state index is 13.9. The second-order valence-electron chi connectivity index (χ2n) is 9.09. The molecule has 0 aromatic heterocycles. The van der Waals surface area contributed by atoms with E-state index in [1.54, 1.807) is 0 Å². The van der Waals surface area contributed by atoms with Crippen LogP contribution in [-0.2, 0) is 0 Å². The molecule has 0 spiro atoms. The molecule has 0 N–H and O–H groups in total. The van der Waals surface area contributed by atoms with Gasteiger partial charge in [-0.1, -0.05) is 149 Å². The fourth-order valence-electron chi connectivity index (χ4n) is 4.81. The highest BCUT2D eigenvalue weighted by Crippen LogP contribution is 2.48. The van der Waals surface area contributed by atoms with Crippen molar-refractivity contribution in [3.8, 4) is 0 Å². The predicted octanol–water partition coefficient (Wildman–Crippen LogP) is 7.24. The lowest BCUT2D eigenvalue weighted by atomic mass is 10.2. The van der Waals surface area contributed by atoms with Crippen LogP contribution in [0.5, 0.6) is 0 Å². The van der Waals surface area contributed by atoms with Crippen molar-refractivity contribution in [2.45, 2.75) is 0 Å². The van der Waals surface area contributed by atoms with Gasteiger partial charge in [-0.3, -0.25) is 4.79 Å². The average molecular weight is 595 g/mol. The summed E-state index contributed by atoms with van der Waals surface area (Å²) >= 11 is 3.55. The van der Waals surface area contributed by atoms with Crippen LogP contribution in [0, 0.1) is 0 Å². The Balaban J connectivity index is 1.67. The molecule has 0 fully saturated rings. The third-order valence-corrected chi connectivity index (χ3v) is 14.1. The van der Waals surface area contributed by atoms with E-state index in [4.69, 9.17) is 0 Å². The van der Waals surface area contributed by atoms with E-state index in [0.29, 0.717) is 5.56 Å². The Morgan fingerprint density at radius 3 is 1.58 bits per heavy atom. The Bertz CT molecular complexity index is 1450. The molecule has 0 atom stereocenters. The maximum Gasteiger partial charge on any atom is 0.186 e. The Kier molecular flexibility index (Phi) is 8.87. The minimum Gasteiger partial charge on any atom is -0.289 e. The van der Waals surface area contributed by atoms with Gasteiger partial charge in [0, 0.05) is 10.0 Å². The van der Waals surface area contributed by atoms with E-state index in [0.717, 1.165) is 16.8 Å². The lowest BCUT2D eigenvalue weighted by Crippen LogP contribution is -2.26. The van der Waals surface area contributed by atoms with Crippen LogP contribution in [0.1, 0.15) is 10.4 Å². The van der Waals surface area contributed by atoms with Gasteiger partial charge in [0.1, 0.15) is 0 Å². The van der Waals surface area contributed by atoms with Crippen molar-refractivity contribution in [1.82, 2.24) is 0 Å². The SMILES string of the molecule is O=C(C=P(CCP(c1ccccc1)c1ccccc1)(c1ccccc1)c1ccccc1)c1cccc(Br)c1. The van der Waals surface area contributed by atoms with Crippen molar-refractivity contribution in [3.05, 3.63) is 156 Å². The summed E-state index contributed by atoms with van der Waals surface area (Å²) in [6.45, 7) is -2.21. The highest BCUT2D eigenvalue weighted by atomic mass is 79.9. The smallest absolute Gasteiger partial charge is 0.186 e. The third kappa shape index (κ3) is 6.16. The molecular formula is C34H29BrOP2. The van der Waals surface area contributed by atoms with Crippen LogP contribution < -0.4 is 21.2 Å². The molecule has 5 rings (SSSR count). The highest BCUT2D eigenvalue weighted by Gasteiger charge is 2.27. The standard InChI is InChI=1S/C34H29BrOP2/c35-29-15-13-14-28(26-29)34(36)27-38(32-20-9-3-10-21-32,33-22-11-4-12-23-33)25-24-37(30-16-5-1-6-17-30)31-18-7-2-8-19-31/h1-23,26-27H,24-25H2. The van der Waals surface area contributed by atoms with Gasteiger partial charge >= 0.3 is 0 Å². The van der Waals surface area contributed by atoms with Crippen molar-refractivity contribution in [2.75, 3.05) is 12.3 Å². The summed E-state index contributed by atoms with van der Waals surface area (Å²) in [5, 5.41) is 5.22. The van der Waals surface area contributed by atoms with E-state index >= 15 is 0 Å². The van der Waals surface area contributed by atoms with Gasteiger partial charge < -0.3 is 0 Å². The minimum absolute atomic E-state index is 0.0797. The molecule has 0 heterocycles. The third-order valence-electron chi connectivity index (χ3n) is 6.69. The highest BCUT2D eigenvalue weighted by molar-refractivity contribution is 9.10. The van der Waals surface area contributed by atoms with Crippen LogP contribution in [0.4, 0.5) is 0 Å². The number of rotatable bonds is 9. The zero-order chi connectivity index (χ0) is 26.2. The van der Waals surface area contributed by atoms with Crippen LogP contribution in [0.25, 0.3) is 0 Å². The molecule has 0 saturated carbocycles. The molecule has 4 heteroatoms. The number of ketones is 1. The molecule has 188 valence electrons. The van der Waals surface area contributed by atoms with Crippen LogP contribution in [-0.4, -0.2) is 23.9 Å². The first-order valence-corrected chi connectivity index (χ1v) is 17.0. The number of benzene rings is 5. The first kappa shape index (κ1) is 26.6. The van der Waals surface area contributed by atoms with Crippen LogP contribution >= 0.6 is 30.7 Å². The number of Topliss-reactive ketones (excluding diaryl/α,β-unsaturated/α-hetero) is 1. The Hall–Kier alpha value is -3.02. The molecule has 0 aliphatic heterocycles. The van der Waals surface area contributed by atoms with E-state index in [1.807, 2.05) is 24.3 Å². The van der Waals surface area contributed by atoms with Gasteiger partial charge in [0.25, 0.3) is 0 Å². The van der Waals surface area contributed by atoms with E-state index in [9.17, 15) is 4.79 Å². The summed E-state index contributed by atoms with van der Waals surface area (Å²) < 4.78 is 0.914. The topological polar surface area (TPSA) is 17.1 Å². The zero-order valence-electron chi connectivity index (χ0n) is 21.0. The fourth-order valence-corrected chi connectivity index (χ4v) is 12.3. The molecule has 0 aliphatic carbocycles. The summed E-state index contributed by atoms with van der Waals surface area (Å²) in [7, 11) is -0.591. The maximum atomic E-state index is 13.9. The van der Waals surface area contributed by atoms with Gasteiger partial charge in [-0.25, -0.2) is 0 Å². The average Bonchev–Trinajstić information content (AvgIpc) is 2.98. The van der Waals surface area contributed by atoms with Crippen LogP contribution in [0.15, 0.2) is 150 Å². The Morgan fingerprint density at radius 2 is 1.11 bits per heavy atom. The molecule has 5 aromatic rings. The van der Waals surface area contributed by atoms with Gasteiger partial charge in [-0.05, 0) is 66.3 Å². The lowest BCUT2D eigenvalue weighted by molar-refractivity contribution is 0.107. The van der Waals surface area contributed by atoms with Crippen molar-refractivity contribution >= 4 is 63.5 Å². The number of hydrogen-bond donors (Lipinski definition) is 0. The van der Waals surface area contributed by atoms with Gasteiger partial charge in [0.15, 0.2) is 5.78 Å². The molecule has 0 saturated heterocycles. The van der Waals surface area contributed by atoms with E-state index in [1.165, 1.54) is 21.2 Å². The molecule has 38 heavy (non-hydrogen) atoms. The lowest BCUT2D eigenvalue weighted by Gasteiger charge is -2.30. The van der Waals surface area contributed by atoms with Crippen LogP contribution in [0.2, 0.25) is 0 Å². The first-order chi connectivity index (χ1) is 18.7. The van der Waals surface area contributed by atoms with E-state index in [2.05, 4.69) is 143 Å². The summed E-state index contributed by atoms with van der Waals surface area (Å²) in [5.74, 6) is 2.15. The van der Waals surface area contributed by atoms with E-state index in [-0.39, 0.29) is 5.78 Å². The number of halogens is 1. The number of hydrogen-bond acceptors (Lipinski definition) is 1. The summed E-state index contributed by atoms with van der Waals surface area (Å²) in [4.78, 5) is 13.9. The van der Waals surface area contributed by atoms with Crippen molar-refractivity contribution in [1.29, 1.82) is 0 Å². The van der Waals surface area contributed by atoms with Gasteiger partial charge in [-0.2, -0.15) is 0 Å². The molecular weight excluding hydrogens is 566 g/mol. The largest absolute Gasteiger partial charge is 0.289 e. The van der Waals surface area contributed by atoms with Gasteiger partial charge in [0.05, 0.1) is 0 Å². The summed E-state index contributed by atoms with van der Waals surface area (Å²) in [6.07, 6.45) is 1.90. The van der Waals surface area contributed by atoms with E-state index < -0.39 is 14.8 Å². The normalized spacial score (nSPS) is 11.3. The zero-order valence-corrected chi connectivity index (χ0v) is 24.4. The van der Waals surface area contributed by atoms with Crippen LogP contribution in [0.3, 0.4) is 0 Å². The van der Waals surface area contributed by atoms with Crippen molar-refractivity contribution < 1.29 is 4.79 Å². The molecule has 0 radical (unpaired) electrons. The summed E-state index contributed by atoms with van der Waals surface area (Å²) in [6, 6.07) is 50.7. The summed E-state index contributed by atoms with van der Waals surface area (Å²) in [5.41, 5.74) is 0.712. The Labute approximate surface area is 235 Å². The minimum atomic E-state index is -2.21. The second-order valence-corrected chi connectivity index (χ2v) is 15.8. The molecule has 0 aliphatic rings. The molecule has 0 bridgehead atoms. The number of carbonyl (C=O) groups excluding carboxylic acids is 1. The Morgan fingerprint density at radius 1 is 0.632 bits per heavy atom. The predicted molar refractivity (Wildman–Crippen MR) is 172 cm³/mol. The molecule has 0 unspecified atom stereocenters. The van der Waals surface area contributed by atoms with Gasteiger partial charge in [-0.15, -0.1) is 0 Å². The number of carbonyl (C=O) groups is 1. The fraction of sp³-hybridized carbons (Fsp3) is 0.0588. The van der Waals surface area contributed by atoms with Crippen molar-refractivity contribution in [3.63, 3.8) is 0 Å². The molecule has 1 nitrogen and oxygen atoms in total. The first-order valence-electron chi connectivity index (χ1n) is 12.7. The second kappa shape index (κ2) is 12.7. The quantitative estimate of drug-likeness (QED) is 0.130.